The monoisotopic (exact) mass is 173 g/mol. The minimum Gasteiger partial charge on any atom is -0.262 e. The molecule has 0 atom stereocenters. The Hall–Kier alpha value is -1.06. The van der Waals surface area contributed by atoms with Gasteiger partial charge in [0.1, 0.15) is 0 Å². The summed E-state index contributed by atoms with van der Waals surface area (Å²) in [4.78, 5) is 0. The standard InChI is InChI=1S/C5H7N3O2S/c1-2-3-6-8-5-4-7-11(8,9)10/h4,6H,5H2,1H3. The summed E-state index contributed by atoms with van der Waals surface area (Å²) in [6.45, 7) is 1.84. The molecule has 0 bridgehead atoms. The zero-order valence-electron chi connectivity index (χ0n) is 5.90. The van der Waals surface area contributed by atoms with Gasteiger partial charge in [0.2, 0.25) is 0 Å². The maximum absolute atomic E-state index is 10.9. The van der Waals surface area contributed by atoms with Gasteiger partial charge in [0.25, 0.3) is 0 Å². The van der Waals surface area contributed by atoms with E-state index in [-0.39, 0.29) is 6.54 Å². The lowest BCUT2D eigenvalue weighted by molar-refractivity contribution is 0.421. The van der Waals surface area contributed by atoms with Gasteiger partial charge in [0, 0.05) is 12.3 Å². The average molecular weight is 173 g/mol. The third-order valence-electron chi connectivity index (χ3n) is 1.04. The number of rotatable bonds is 1. The van der Waals surface area contributed by atoms with Crippen LogP contribution in [0.4, 0.5) is 0 Å². The fraction of sp³-hybridized carbons (Fsp3) is 0.400. The van der Waals surface area contributed by atoms with Gasteiger partial charge in [-0.2, -0.15) is 12.8 Å². The lowest BCUT2D eigenvalue weighted by Gasteiger charge is -2.08. The Bertz CT molecular complexity index is 321. The van der Waals surface area contributed by atoms with E-state index < -0.39 is 10.2 Å². The molecule has 0 amide bonds. The summed E-state index contributed by atoms with van der Waals surface area (Å²) in [6.07, 6.45) is 1.31. The van der Waals surface area contributed by atoms with Crippen LogP contribution in [0.5, 0.6) is 0 Å². The summed E-state index contributed by atoms with van der Waals surface area (Å²) in [6, 6.07) is 2.41. The van der Waals surface area contributed by atoms with Gasteiger partial charge >= 0.3 is 10.2 Å². The number of hydrogen-bond acceptors (Lipinski definition) is 3. The van der Waals surface area contributed by atoms with Crippen LogP contribution in [0.25, 0.3) is 0 Å². The van der Waals surface area contributed by atoms with E-state index >= 15 is 0 Å². The number of nitrogens with zero attached hydrogens (tertiary/aromatic N) is 2. The predicted octanol–water partition coefficient (Wildman–Crippen LogP) is -0.897. The van der Waals surface area contributed by atoms with Crippen molar-refractivity contribution >= 4 is 16.4 Å². The van der Waals surface area contributed by atoms with Crippen LogP contribution < -0.4 is 5.43 Å². The molecule has 0 fully saturated rings. The Balaban J connectivity index is 2.69. The van der Waals surface area contributed by atoms with Crippen LogP contribution in [0.3, 0.4) is 0 Å². The van der Waals surface area contributed by atoms with Crippen molar-refractivity contribution in [2.45, 2.75) is 6.92 Å². The molecule has 5 nitrogen and oxygen atoms in total. The molecule has 0 aliphatic carbocycles. The SMILES string of the molecule is CC#CNN1CC=NS1(=O)=O. The maximum Gasteiger partial charge on any atom is 0.339 e. The van der Waals surface area contributed by atoms with Crippen LogP contribution in [0.2, 0.25) is 0 Å². The van der Waals surface area contributed by atoms with Crippen molar-refractivity contribution in [3.63, 3.8) is 0 Å². The molecule has 1 heterocycles. The van der Waals surface area contributed by atoms with E-state index in [4.69, 9.17) is 0 Å². The Morgan fingerprint density at radius 2 is 2.45 bits per heavy atom. The van der Waals surface area contributed by atoms with Crippen LogP contribution in [-0.2, 0) is 10.2 Å². The molecule has 1 aliphatic heterocycles. The normalized spacial score (nSPS) is 20.8. The van der Waals surface area contributed by atoms with Gasteiger partial charge in [0.15, 0.2) is 0 Å². The van der Waals surface area contributed by atoms with Crippen LogP contribution >= 0.6 is 0 Å². The second kappa shape index (κ2) is 2.90. The van der Waals surface area contributed by atoms with Crippen molar-refractivity contribution in [1.82, 2.24) is 9.84 Å². The van der Waals surface area contributed by atoms with Gasteiger partial charge in [-0.3, -0.25) is 5.43 Å². The molecular formula is C5H7N3O2S. The van der Waals surface area contributed by atoms with E-state index in [9.17, 15) is 8.42 Å². The van der Waals surface area contributed by atoms with E-state index in [1.165, 1.54) is 6.21 Å². The first-order valence-corrected chi connectivity index (χ1v) is 4.30. The molecule has 6 heteroatoms. The van der Waals surface area contributed by atoms with Crippen molar-refractivity contribution in [3.8, 4) is 12.0 Å². The average Bonchev–Trinajstić information content (AvgIpc) is 2.25. The number of hydrogen-bond donors (Lipinski definition) is 1. The van der Waals surface area contributed by atoms with Gasteiger partial charge in [-0.15, -0.1) is 0 Å². The molecule has 0 aromatic heterocycles. The van der Waals surface area contributed by atoms with Gasteiger partial charge in [-0.05, 0) is 6.92 Å². The Morgan fingerprint density at radius 1 is 1.73 bits per heavy atom. The molecule has 0 saturated heterocycles. The highest BCUT2D eigenvalue weighted by Gasteiger charge is 2.23. The Labute approximate surface area is 65.3 Å². The topological polar surface area (TPSA) is 61.8 Å². The summed E-state index contributed by atoms with van der Waals surface area (Å²) in [5.74, 6) is 2.51. The minimum absolute atomic E-state index is 0.233. The first-order valence-electron chi connectivity index (χ1n) is 2.90. The van der Waals surface area contributed by atoms with Crippen LogP contribution in [-0.4, -0.2) is 25.6 Å². The molecule has 0 radical (unpaired) electrons. The summed E-state index contributed by atoms with van der Waals surface area (Å²) in [5.41, 5.74) is 2.38. The molecule has 0 saturated carbocycles. The van der Waals surface area contributed by atoms with Gasteiger partial charge in [-0.1, -0.05) is 10.3 Å². The summed E-state index contributed by atoms with van der Waals surface area (Å²) >= 11 is 0. The highest BCUT2D eigenvalue weighted by molar-refractivity contribution is 7.88. The van der Waals surface area contributed by atoms with Gasteiger partial charge in [0.05, 0.1) is 6.54 Å². The molecule has 1 rings (SSSR count). The van der Waals surface area contributed by atoms with Crippen LogP contribution in [0.1, 0.15) is 6.92 Å². The van der Waals surface area contributed by atoms with E-state index in [1.807, 2.05) is 0 Å². The Morgan fingerprint density at radius 3 is 2.91 bits per heavy atom. The summed E-state index contributed by atoms with van der Waals surface area (Å²) < 4.78 is 25.9. The van der Waals surface area contributed by atoms with Crippen LogP contribution in [0, 0.1) is 12.0 Å². The van der Waals surface area contributed by atoms with E-state index in [0.29, 0.717) is 0 Å². The predicted molar refractivity (Wildman–Crippen MR) is 40.7 cm³/mol. The molecule has 11 heavy (non-hydrogen) atoms. The van der Waals surface area contributed by atoms with Crippen molar-refractivity contribution in [2.24, 2.45) is 4.40 Å². The molecule has 1 aliphatic rings. The summed E-state index contributed by atoms with van der Waals surface area (Å²) in [5, 5.41) is 0. The number of nitrogens with one attached hydrogen (secondary N) is 1. The molecule has 0 spiro atoms. The molecule has 60 valence electrons. The molecule has 0 aromatic rings. The fourth-order valence-electron chi connectivity index (χ4n) is 0.574. The largest absolute Gasteiger partial charge is 0.339 e. The third kappa shape index (κ3) is 1.69. The zero-order valence-corrected chi connectivity index (χ0v) is 6.72. The highest BCUT2D eigenvalue weighted by atomic mass is 32.2. The second-order valence-corrected chi connectivity index (χ2v) is 3.33. The highest BCUT2D eigenvalue weighted by Crippen LogP contribution is 2.02. The smallest absolute Gasteiger partial charge is 0.262 e. The molecular weight excluding hydrogens is 166 g/mol. The van der Waals surface area contributed by atoms with Crippen LogP contribution in [0.15, 0.2) is 4.40 Å². The second-order valence-electron chi connectivity index (χ2n) is 1.78. The first kappa shape index (κ1) is 8.04. The van der Waals surface area contributed by atoms with Crippen molar-refractivity contribution in [3.05, 3.63) is 0 Å². The maximum atomic E-state index is 10.9. The van der Waals surface area contributed by atoms with Crippen molar-refractivity contribution in [2.75, 3.05) is 6.54 Å². The molecule has 0 unspecified atom stereocenters. The third-order valence-corrected chi connectivity index (χ3v) is 2.25. The Kier molecular flexibility index (Phi) is 2.12. The molecule has 1 N–H and O–H groups in total. The molecule has 0 aromatic carbocycles. The minimum atomic E-state index is -3.47. The quantitative estimate of drug-likeness (QED) is 0.413. The van der Waals surface area contributed by atoms with Gasteiger partial charge < -0.3 is 0 Å². The van der Waals surface area contributed by atoms with Crippen molar-refractivity contribution < 1.29 is 8.42 Å². The van der Waals surface area contributed by atoms with E-state index in [0.717, 1.165) is 4.41 Å². The fourth-order valence-corrected chi connectivity index (χ4v) is 1.36. The lowest BCUT2D eigenvalue weighted by atomic mass is 10.7. The zero-order chi connectivity index (χ0) is 8.32. The lowest BCUT2D eigenvalue weighted by Crippen LogP contribution is -2.36. The van der Waals surface area contributed by atoms with Crippen molar-refractivity contribution in [1.29, 1.82) is 0 Å². The van der Waals surface area contributed by atoms with E-state index in [2.05, 4.69) is 21.8 Å². The first-order chi connectivity index (χ1) is 5.17. The van der Waals surface area contributed by atoms with Gasteiger partial charge in [-0.25, -0.2) is 0 Å². The number of hydrazine groups is 1. The van der Waals surface area contributed by atoms with E-state index in [1.54, 1.807) is 6.92 Å². The summed E-state index contributed by atoms with van der Waals surface area (Å²) in [7, 11) is -3.47.